The van der Waals surface area contributed by atoms with Gasteiger partial charge in [-0.25, -0.2) is 9.97 Å². The minimum atomic E-state index is -0.233. The van der Waals surface area contributed by atoms with Gasteiger partial charge in [-0.1, -0.05) is 12.1 Å². The zero-order valence-corrected chi connectivity index (χ0v) is 16.3. The first kappa shape index (κ1) is 18.5. The summed E-state index contributed by atoms with van der Waals surface area (Å²) < 4.78 is 12.4. The number of ether oxygens (including phenoxy) is 2. The van der Waals surface area contributed by atoms with Crippen molar-refractivity contribution in [3.63, 3.8) is 0 Å². The van der Waals surface area contributed by atoms with Crippen LogP contribution in [0, 0.1) is 6.92 Å². The fourth-order valence-electron chi connectivity index (χ4n) is 3.06. The zero-order chi connectivity index (χ0) is 20.4. The highest BCUT2D eigenvalue weighted by Crippen LogP contribution is 2.29. The van der Waals surface area contributed by atoms with E-state index < -0.39 is 0 Å². The molecule has 0 spiro atoms. The average molecular weight is 388 g/mol. The molecule has 0 bridgehead atoms. The van der Waals surface area contributed by atoms with Gasteiger partial charge in [-0.3, -0.25) is 9.20 Å². The lowest BCUT2D eigenvalue weighted by Gasteiger charge is -2.12. The third-order valence-corrected chi connectivity index (χ3v) is 4.66. The fraction of sp³-hybridized carbons (Fsp3) is 0.136. The zero-order valence-electron chi connectivity index (χ0n) is 16.3. The largest absolute Gasteiger partial charge is 0.493 e. The van der Waals surface area contributed by atoms with Crippen LogP contribution < -0.4 is 14.8 Å². The Morgan fingerprint density at radius 2 is 1.90 bits per heavy atom. The van der Waals surface area contributed by atoms with Crippen LogP contribution in [0.5, 0.6) is 11.5 Å². The maximum atomic E-state index is 12.8. The van der Waals surface area contributed by atoms with E-state index in [2.05, 4.69) is 15.3 Å². The van der Waals surface area contributed by atoms with Gasteiger partial charge in [-0.15, -0.1) is 0 Å². The van der Waals surface area contributed by atoms with Gasteiger partial charge in [-0.2, -0.15) is 0 Å². The Morgan fingerprint density at radius 1 is 1.07 bits per heavy atom. The highest BCUT2D eigenvalue weighted by molar-refractivity contribution is 6.05. The number of benzene rings is 2. The van der Waals surface area contributed by atoms with Crippen molar-refractivity contribution in [2.75, 3.05) is 19.5 Å². The number of methoxy groups -OCH3 is 2. The van der Waals surface area contributed by atoms with Gasteiger partial charge in [0.15, 0.2) is 11.5 Å². The quantitative estimate of drug-likeness (QED) is 0.560. The molecule has 0 aliphatic heterocycles. The van der Waals surface area contributed by atoms with Crippen LogP contribution in [0.3, 0.4) is 0 Å². The summed E-state index contributed by atoms with van der Waals surface area (Å²) in [5, 5.41) is 2.97. The summed E-state index contributed by atoms with van der Waals surface area (Å²) in [7, 11) is 3.10. The van der Waals surface area contributed by atoms with Crippen molar-refractivity contribution < 1.29 is 14.3 Å². The Labute approximate surface area is 168 Å². The van der Waals surface area contributed by atoms with Crippen LogP contribution in [-0.2, 0) is 0 Å². The second-order valence-electron chi connectivity index (χ2n) is 6.51. The number of nitrogens with zero attached hydrogens (tertiary/aromatic N) is 3. The van der Waals surface area contributed by atoms with Gasteiger partial charge >= 0.3 is 0 Å². The Hall–Kier alpha value is -3.87. The van der Waals surface area contributed by atoms with E-state index in [4.69, 9.17) is 9.47 Å². The lowest BCUT2D eigenvalue weighted by Crippen LogP contribution is -2.13. The summed E-state index contributed by atoms with van der Waals surface area (Å²) in [6.45, 7) is 1.94. The first-order chi connectivity index (χ1) is 14.1. The Kier molecular flexibility index (Phi) is 4.87. The molecular formula is C22H20N4O3. The van der Waals surface area contributed by atoms with E-state index in [1.54, 1.807) is 31.5 Å². The maximum Gasteiger partial charge on any atom is 0.255 e. The molecule has 2 aromatic heterocycles. The van der Waals surface area contributed by atoms with Crippen molar-refractivity contribution in [1.82, 2.24) is 14.4 Å². The molecular weight excluding hydrogens is 368 g/mol. The van der Waals surface area contributed by atoms with Crippen LogP contribution in [0.15, 0.2) is 61.1 Å². The standard InChI is InChI=1S/C22H20N4O3/c1-14-5-6-15(18-13-26-10-4-9-23-22(26)25-18)11-17(14)24-21(27)16-7-8-19(28-2)20(12-16)29-3/h4-13H,1-3H3,(H,24,27). The van der Waals surface area contributed by atoms with Crippen molar-refractivity contribution in [3.05, 3.63) is 72.2 Å². The predicted molar refractivity (Wildman–Crippen MR) is 111 cm³/mol. The van der Waals surface area contributed by atoms with Crippen molar-refractivity contribution in [1.29, 1.82) is 0 Å². The molecule has 7 nitrogen and oxygen atoms in total. The predicted octanol–water partition coefficient (Wildman–Crippen LogP) is 3.97. The number of carbonyl (C=O) groups excluding carboxylic acids is 1. The normalized spacial score (nSPS) is 10.7. The summed E-state index contributed by atoms with van der Waals surface area (Å²) >= 11 is 0. The van der Waals surface area contributed by atoms with Crippen LogP contribution in [0.25, 0.3) is 17.0 Å². The van der Waals surface area contributed by atoms with Crippen molar-refractivity contribution in [2.24, 2.45) is 0 Å². The molecule has 0 aliphatic rings. The summed E-state index contributed by atoms with van der Waals surface area (Å²) in [6, 6.07) is 12.8. The SMILES string of the molecule is COc1ccc(C(=O)Nc2cc(-c3cn4cccnc4n3)ccc2C)cc1OC. The maximum absolute atomic E-state index is 12.8. The van der Waals surface area contributed by atoms with Crippen LogP contribution in [-0.4, -0.2) is 34.5 Å². The van der Waals surface area contributed by atoms with Crippen LogP contribution in [0.1, 0.15) is 15.9 Å². The molecule has 0 saturated heterocycles. The molecule has 0 fully saturated rings. The van der Waals surface area contributed by atoms with Crippen LogP contribution >= 0.6 is 0 Å². The summed E-state index contributed by atoms with van der Waals surface area (Å²) in [5.74, 6) is 1.47. The van der Waals surface area contributed by atoms with Gasteiger partial charge < -0.3 is 14.8 Å². The highest BCUT2D eigenvalue weighted by atomic mass is 16.5. The van der Waals surface area contributed by atoms with E-state index in [-0.39, 0.29) is 5.91 Å². The van der Waals surface area contributed by atoms with E-state index in [1.165, 1.54) is 7.11 Å². The molecule has 0 aliphatic carbocycles. The number of hydrogen-bond acceptors (Lipinski definition) is 5. The molecule has 0 saturated carbocycles. The van der Waals surface area contributed by atoms with Crippen molar-refractivity contribution in [2.45, 2.75) is 6.92 Å². The number of hydrogen-bond donors (Lipinski definition) is 1. The van der Waals surface area contributed by atoms with Crippen molar-refractivity contribution in [3.8, 4) is 22.8 Å². The van der Waals surface area contributed by atoms with Gasteiger partial charge in [0, 0.05) is 35.4 Å². The summed E-state index contributed by atoms with van der Waals surface area (Å²) in [4.78, 5) is 21.6. The van der Waals surface area contributed by atoms with Gasteiger partial charge in [0.1, 0.15) is 0 Å². The van der Waals surface area contributed by atoms with Crippen molar-refractivity contribution >= 4 is 17.4 Å². The lowest BCUT2D eigenvalue weighted by molar-refractivity contribution is 0.102. The van der Waals surface area contributed by atoms with E-state index >= 15 is 0 Å². The van der Waals surface area contributed by atoms with Gasteiger partial charge in [-0.05, 0) is 42.8 Å². The first-order valence-corrected chi connectivity index (χ1v) is 9.03. The number of amides is 1. The minimum Gasteiger partial charge on any atom is -0.493 e. The third-order valence-electron chi connectivity index (χ3n) is 4.66. The molecule has 2 aromatic carbocycles. The monoisotopic (exact) mass is 388 g/mol. The Balaban J connectivity index is 1.63. The molecule has 29 heavy (non-hydrogen) atoms. The molecule has 1 N–H and O–H groups in total. The number of aryl methyl sites for hydroxylation is 1. The minimum absolute atomic E-state index is 0.233. The molecule has 0 atom stereocenters. The number of fused-ring (bicyclic) bond motifs is 1. The molecule has 1 amide bonds. The summed E-state index contributed by atoms with van der Waals surface area (Å²) in [6.07, 6.45) is 5.51. The number of nitrogens with one attached hydrogen (secondary N) is 1. The van der Waals surface area contributed by atoms with Crippen LogP contribution in [0.4, 0.5) is 5.69 Å². The second-order valence-corrected chi connectivity index (χ2v) is 6.51. The molecule has 0 radical (unpaired) electrons. The molecule has 2 heterocycles. The average Bonchev–Trinajstić information content (AvgIpc) is 3.19. The second kappa shape index (κ2) is 7.63. The number of anilines is 1. The van der Waals surface area contributed by atoms with E-state index in [0.717, 1.165) is 16.8 Å². The summed E-state index contributed by atoms with van der Waals surface area (Å²) in [5.41, 5.74) is 3.81. The van der Waals surface area contributed by atoms with Crippen LogP contribution in [0.2, 0.25) is 0 Å². The van der Waals surface area contributed by atoms with E-state index in [9.17, 15) is 4.79 Å². The number of aromatic nitrogens is 3. The lowest BCUT2D eigenvalue weighted by atomic mass is 10.1. The van der Waals surface area contributed by atoms with E-state index in [1.807, 2.05) is 48.0 Å². The fourth-order valence-corrected chi connectivity index (χ4v) is 3.06. The number of rotatable bonds is 5. The van der Waals surface area contributed by atoms with E-state index in [0.29, 0.717) is 28.5 Å². The molecule has 4 aromatic rings. The smallest absolute Gasteiger partial charge is 0.255 e. The topological polar surface area (TPSA) is 77.8 Å². The highest BCUT2D eigenvalue weighted by Gasteiger charge is 2.13. The number of carbonyl (C=O) groups is 1. The molecule has 4 rings (SSSR count). The first-order valence-electron chi connectivity index (χ1n) is 9.03. The van der Waals surface area contributed by atoms with Gasteiger partial charge in [0.2, 0.25) is 5.78 Å². The molecule has 7 heteroatoms. The Morgan fingerprint density at radius 3 is 2.66 bits per heavy atom. The third kappa shape index (κ3) is 3.62. The van der Waals surface area contributed by atoms with Gasteiger partial charge in [0.25, 0.3) is 5.91 Å². The molecule has 0 unspecified atom stereocenters. The van der Waals surface area contributed by atoms with Gasteiger partial charge in [0.05, 0.1) is 19.9 Å². The number of imidazole rings is 1. The molecule has 146 valence electrons. The Bertz CT molecular complexity index is 1170.